The van der Waals surface area contributed by atoms with E-state index in [1.54, 1.807) is 24.5 Å². The Balaban J connectivity index is 0. The van der Waals surface area contributed by atoms with Crippen molar-refractivity contribution in [1.82, 2.24) is 20.3 Å². The van der Waals surface area contributed by atoms with Crippen LogP contribution >= 0.6 is 49.6 Å². The van der Waals surface area contributed by atoms with E-state index in [9.17, 15) is 9.18 Å². The van der Waals surface area contributed by atoms with Crippen molar-refractivity contribution in [1.29, 1.82) is 0 Å². The second-order valence-electron chi connectivity index (χ2n) is 6.45. The molecule has 0 radical (unpaired) electrons. The second kappa shape index (κ2) is 16.0. The number of hydrogen-bond donors (Lipinski definition) is 3. The first-order chi connectivity index (χ1) is 13.1. The summed E-state index contributed by atoms with van der Waals surface area (Å²) in [7, 11) is 0. The van der Waals surface area contributed by atoms with Gasteiger partial charge in [0.05, 0.1) is 18.1 Å². The molecule has 3 N–H and O–H groups in total. The molecule has 174 valence electrons. The van der Waals surface area contributed by atoms with Crippen LogP contribution in [-0.4, -0.2) is 51.7 Å². The molecule has 7 nitrogen and oxygen atoms in total. The average molecular weight is 517 g/mol. The molecule has 0 aliphatic carbocycles. The number of carbonyl (C=O) groups excluding carboxylic acids is 1. The highest BCUT2D eigenvalue weighted by Gasteiger charge is 2.22. The van der Waals surface area contributed by atoms with Crippen molar-refractivity contribution in [3.63, 3.8) is 0 Å². The van der Waals surface area contributed by atoms with Crippen molar-refractivity contribution in [3.8, 4) is 0 Å². The average Bonchev–Trinajstić information content (AvgIpc) is 3.13. The number of hydrogen-bond acceptors (Lipinski definition) is 6. The summed E-state index contributed by atoms with van der Waals surface area (Å²) in [5.74, 6) is -0.138. The minimum absolute atomic E-state index is 0. The van der Waals surface area contributed by atoms with Crippen molar-refractivity contribution < 1.29 is 14.4 Å². The molecule has 2 heterocycles. The predicted molar refractivity (Wildman–Crippen MR) is 129 cm³/mol. The maximum atomic E-state index is 13.2. The Morgan fingerprint density at radius 2 is 2.00 bits per heavy atom. The number of carbonyl (C=O) groups is 1. The normalized spacial score (nSPS) is 15.1. The molecular weight excluding hydrogens is 491 g/mol. The molecule has 1 aliphatic heterocycles. The van der Waals surface area contributed by atoms with E-state index in [1.807, 2.05) is 6.07 Å². The Bertz CT molecular complexity index is 814. The number of halogens is 5. The van der Waals surface area contributed by atoms with Crippen molar-refractivity contribution in [2.24, 2.45) is 0 Å². The lowest BCUT2D eigenvalue weighted by Crippen LogP contribution is -2.28. The number of aromatic nitrogens is 2. The summed E-state index contributed by atoms with van der Waals surface area (Å²) in [6.45, 7) is 2.77. The lowest BCUT2D eigenvalue weighted by atomic mass is 10.1. The maximum absolute atomic E-state index is 13.2. The number of amides is 1. The van der Waals surface area contributed by atoms with E-state index in [0.717, 1.165) is 38.0 Å². The molecule has 2 aromatic rings. The number of benzene rings is 1. The number of anilines is 1. The quantitative estimate of drug-likeness (QED) is 0.296. The van der Waals surface area contributed by atoms with Crippen LogP contribution in [0.1, 0.15) is 17.7 Å². The van der Waals surface area contributed by atoms with Crippen molar-refractivity contribution in [3.05, 3.63) is 59.8 Å². The predicted octanol–water partition coefficient (Wildman–Crippen LogP) is 3.55. The van der Waals surface area contributed by atoms with E-state index in [-0.39, 0.29) is 61.5 Å². The van der Waals surface area contributed by atoms with Gasteiger partial charge in [0.1, 0.15) is 11.6 Å². The third-order valence-electron chi connectivity index (χ3n) is 4.42. The molecular formula is C19H26Cl4FN5O2. The molecule has 1 amide bonds. The van der Waals surface area contributed by atoms with Crippen LogP contribution in [0.3, 0.4) is 0 Å². The fraction of sp³-hybridized carbons (Fsp3) is 0.316. The lowest BCUT2D eigenvalue weighted by Gasteiger charge is -2.17. The minimum Gasteiger partial charge on any atom is -0.365 e. The fourth-order valence-corrected chi connectivity index (χ4v) is 3.04. The molecule has 1 fully saturated rings. The third-order valence-corrected chi connectivity index (χ3v) is 4.42. The topological polar surface area (TPSA) is 90.4 Å². The van der Waals surface area contributed by atoms with E-state index in [1.165, 1.54) is 23.7 Å². The van der Waals surface area contributed by atoms with Gasteiger partial charge in [0.15, 0.2) is 0 Å². The Labute approximate surface area is 205 Å². The molecule has 1 aliphatic rings. The summed E-state index contributed by atoms with van der Waals surface area (Å²) < 4.78 is 13.2. The van der Waals surface area contributed by atoms with E-state index >= 15 is 0 Å². The first-order valence-corrected chi connectivity index (χ1v) is 8.80. The van der Waals surface area contributed by atoms with Gasteiger partial charge in [0, 0.05) is 31.8 Å². The SMILES string of the molecule is Cl.Cl.Cl.Cl.O=C(C=Cc1cnc(N[C@@H]2CCN(CCc3cccc(F)c3)C2)cn1)NO. The van der Waals surface area contributed by atoms with Crippen LogP contribution in [0.15, 0.2) is 42.7 Å². The van der Waals surface area contributed by atoms with Gasteiger partial charge in [0.2, 0.25) is 0 Å². The molecule has 1 saturated heterocycles. The summed E-state index contributed by atoms with van der Waals surface area (Å²) in [5, 5.41) is 11.8. The molecule has 1 aromatic carbocycles. The molecule has 3 rings (SSSR count). The molecule has 0 bridgehead atoms. The van der Waals surface area contributed by atoms with Crippen LogP contribution in [-0.2, 0) is 11.2 Å². The number of rotatable bonds is 7. The first kappa shape index (κ1) is 31.5. The zero-order chi connectivity index (χ0) is 19.1. The minimum atomic E-state index is -0.622. The monoisotopic (exact) mass is 515 g/mol. The first-order valence-electron chi connectivity index (χ1n) is 8.80. The van der Waals surface area contributed by atoms with E-state index in [2.05, 4.69) is 20.2 Å². The molecule has 0 spiro atoms. The molecule has 31 heavy (non-hydrogen) atoms. The van der Waals surface area contributed by atoms with Crippen LogP contribution in [0.25, 0.3) is 6.08 Å². The van der Waals surface area contributed by atoms with Crippen molar-refractivity contribution in [2.45, 2.75) is 18.9 Å². The fourth-order valence-electron chi connectivity index (χ4n) is 3.04. The summed E-state index contributed by atoms with van der Waals surface area (Å²) >= 11 is 0. The molecule has 0 unspecified atom stereocenters. The van der Waals surface area contributed by atoms with Gasteiger partial charge in [-0.3, -0.25) is 15.0 Å². The summed E-state index contributed by atoms with van der Waals surface area (Å²) in [6, 6.07) is 7.02. The highest BCUT2D eigenvalue weighted by atomic mass is 35.5. The maximum Gasteiger partial charge on any atom is 0.267 e. The molecule has 1 atom stereocenters. The van der Waals surface area contributed by atoms with Crippen molar-refractivity contribution in [2.75, 3.05) is 25.0 Å². The van der Waals surface area contributed by atoms with E-state index in [4.69, 9.17) is 5.21 Å². The highest BCUT2D eigenvalue weighted by molar-refractivity contribution is 5.90. The molecule has 12 heteroatoms. The molecule has 0 saturated carbocycles. The molecule has 1 aromatic heterocycles. The van der Waals surface area contributed by atoms with Crippen LogP contribution in [0, 0.1) is 5.82 Å². The second-order valence-corrected chi connectivity index (χ2v) is 6.45. The standard InChI is InChI=1S/C19H22FN5O2.4ClH/c20-15-3-1-2-14(10-15)6-8-25-9-7-17(13-25)23-18-12-21-16(11-22-18)4-5-19(26)24-27;;;;/h1-5,10-12,17,27H,6-9,13H2,(H,22,23)(H,24,26);4*1H/t17-;;;;/m1..../s1. The number of nitrogens with one attached hydrogen (secondary N) is 2. The Hall–Kier alpha value is -1.68. The Kier molecular flexibility index (Phi) is 16.3. The zero-order valence-electron chi connectivity index (χ0n) is 16.4. The lowest BCUT2D eigenvalue weighted by molar-refractivity contribution is -0.124. The summed E-state index contributed by atoms with van der Waals surface area (Å²) in [4.78, 5) is 21.8. The number of likely N-dealkylation sites (tertiary alicyclic amines) is 1. The summed E-state index contributed by atoms with van der Waals surface area (Å²) in [6.07, 6.45) is 7.64. The summed E-state index contributed by atoms with van der Waals surface area (Å²) in [5.41, 5.74) is 3.04. The van der Waals surface area contributed by atoms with Gasteiger partial charge in [-0.15, -0.1) is 49.6 Å². The Morgan fingerprint density at radius 1 is 1.23 bits per heavy atom. The van der Waals surface area contributed by atoms with Gasteiger partial charge in [-0.2, -0.15) is 0 Å². The van der Waals surface area contributed by atoms with Gasteiger partial charge < -0.3 is 10.2 Å². The number of hydroxylamine groups is 1. The zero-order valence-corrected chi connectivity index (χ0v) is 19.7. The highest BCUT2D eigenvalue weighted by Crippen LogP contribution is 2.15. The van der Waals surface area contributed by atoms with E-state index < -0.39 is 5.91 Å². The van der Waals surface area contributed by atoms with Gasteiger partial charge in [0.25, 0.3) is 5.91 Å². The van der Waals surface area contributed by atoms with Gasteiger partial charge in [-0.1, -0.05) is 12.1 Å². The number of nitrogens with zero attached hydrogens (tertiary/aromatic N) is 3. The van der Waals surface area contributed by atoms with Crippen LogP contribution in [0.5, 0.6) is 0 Å². The van der Waals surface area contributed by atoms with E-state index in [0.29, 0.717) is 11.5 Å². The van der Waals surface area contributed by atoms with Gasteiger partial charge in [-0.05, 0) is 36.6 Å². The smallest absolute Gasteiger partial charge is 0.267 e. The van der Waals surface area contributed by atoms with Crippen LogP contribution < -0.4 is 10.8 Å². The largest absolute Gasteiger partial charge is 0.365 e. The Morgan fingerprint density at radius 3 is 2.65 bits per heavy atom. The van der Waals surface area contributed by atoms with Gasteiger partial charge >= 0.3 is 0 Å². The van der Waals surface area contributed by atoms with Gasteiger partial charge in [-0.25, -0.2) is 14.9 Å². The van der Waals surface area contributed by atoms with Crippen LogP contribution in [0.2, 0.25) is 0 Å². The van der Waals surface area contributed by atoms with Crippen molar-refractivity contribution >= 4 is 67.4 Å². The van der Waals surface area contributed by atoms with Crippen LogP contribution in [0.4, 0.5) is 10.2 Å². The third kappa shape index (κ3) is 10.5.